The zero-order valence-corrected chi connectivity index (χ0v) is 11.7. The summed E-state index contributed by atoms with van der Waals surface area (Å²) in [5, 5.41) is 14.8. The Labute approximate surface area is 125 Å². The van der Waals surface area contributed by atoms with E-state index in [0.29, 0.717) is 12.3 Å². The van der Waals surface area contributed by atoms with Crippen molar-refractivity contribution >= 4 is 22.8 Å². The van der Waals surface area contributed by atoms with Crippen LogP contribution < -0.4 is 10.7 Å². The van der Waals surface area contributed by atoms with Gasteiger partial charge in [0, 0.05) is 18.9 Å². The van der Waals surface area contributed by atoms with Gasteiger partial charge in [-0.1, -0.05) is 18.2 Å². The van der Waals surface area contributed by atoms with Crippen LogP contribution in [0.5, 0.6) is 0 Å². The molecule has 3 rings (SSSR count). The van der Waals surface area contributed by atoms with Crippen molar-refractivity contribution in [2.45, 2.75) is 19.4 Å². The summed E-state index contributed by atoms with van der Waals surface area (Å²) in [7, 11) is 0. The van der Waals surface area contributed by atoms with E-state index in [1.54, 1.807) is 10.6 Å². The van der Waals surface area contributed by atoms with Crippen molar-refractivity contribution in [2.75, 3.05) is 0 Å². The fraction of sp³-hybridized carbons (Fsp3) is 0.200. The number of hydrogen-bond donors (Lipinski definition) is 0. The lowest BCUT2D eigenvalue weighted by Gasteiger charge is -2.03. The molecule has 1 aromatic carbocycles. The molecule has 7 nitrogen and oxygen atoms in total. The molecule has 112 valence electrons. The van der Waals surface area contributed by atoms with E-state index in [4.69, 9.17) is 0 Å². The van der Waals surface area contributed by atoms with Gasteiger partial charge in [0.2, 0.25) is 5.78 Å². The second-order valence-electron chi connectivity index (χ2n) is 4.84. The number of imidazole rings is 1. The van der Waals surface area contributed by atoms with E-state index >= 15 is 0 Å². The van der Waals surface area contributed by atoms with Crippen LogP contribution in [0.1, 0.15) is 12.1 Å². The predicted molar refractivity (Wildman–Crippen MR) is 78.3 cm³/mol. The van der Waals surface area contributed by atoms with Crippen molar-refractivity contribution < 1.29 is 9.90 Å². The first kappa shape index (κ1) is 14.0. The number of aryl methyl sites for hydroxylation is 1. The molecule has 0 aliphatic rings. The van der Waals surface area contributed by atoms with Gasteiger partial charge in [0.25, 0.3) is 5.56 Å². The number of carbonyl (C=O) groups excluding carboxylic acids is 1. The SMILES string of the molecule is C=CCn1c2ccccc2n2nc(CCC(=O)[O-])c(=O)nc12. The van der Waals surface area contributed by atoms with Gasteiger partial charge in [-0.2, -0.15) is 14.6 Å². The number of carboxylic acids is 1. The lowest BCUT2D eigenvalue weighted by atomic mass is 10.2. The largest absolute Gasteiger partial charge is 0.550 e. The number of carbonyl (C=O) groups is 1. The first-order chi connectivity index (χ1) is 10.6. The Kier molecular flexibility index (Phi) is 3.46. The molecule has 0 saturated heterocycles. The third-order valence-corrected chi connectivity index (χ3v) is 3.38. The smallest absolute Gasteiger partial charge is 0.296 e. The van der Waals surface area contributed by atoms with Crippen LogP contribution in [0.3, 0.4) is 0 Å². The first-order valence-electron chi connectivity index (χ1n) is 6.79. The van der Waals surface area contributed by atoms with Gasteiger partial charge in [-0.05, 0) is 18.6 Å². The lowest BCUT2D eigenvalue weighted by Crippen LogP contribution is -2.25. The van der Waals surface area contributed by atoms with Crippen LogP contribution in [-0.4, -0.2) is 25.1 Å². The summed E-state index contributed by atoms with van der Waals surface area (Å²) in [6.45, 7) is 4.20. The van der Waals surface area contributed by atoms with Crippen LogP contribution in [0.15, 0.2) is 41.7 Å². The minimum atomic E-state index is -1.22. The van der Waals surface area contributed by atoms with Crippen molar-refractivity contribution in [1.29, 1.82) is 0 Å². The predicted octanol–water partition coefficient (Wildman–Crippen LogP) is -0.0873. The molecular formula is C15H13N4O3-. The van der Waals surface area contributed by atoms with Gasteiger partial charge in [-0.15, -0.1) is 6.58 Å². The van der Waals surface area contributed by atoms with Crippen molar-refractivity contribution in [1.82, 2.24) is 19.2 Å². The van der Waals surface area contributed by atoms with Gasteiger partial charge >= 0.3 is 0 Å². The third kappa shape index (κ3) is 2.26. The van der Waals surface area contributed by atoms with Gasteiger partial charge in [-0.25, -0.2) is 0 Å². The van der Waals surface area contributed by atoms with Crippen LogP contribution >= 0.6 is 0 Å². The number of aromatic nitrogens is 4. The lowest BCUT2D eigenvalue weighted by molar-refractivity contribution is -0.305. The Morgan fingerprint density at radius 2 is 2.05 bits per heavy atom. The van der Waals surface area contributed by atoms with Gasteiger partial charge < -0.3 is 14.5 Å². The van der Waals surface area contributed by atoms with Crippen molar-refractivity contribution in [2.24, 2.45) is 0 Å². The highest BCUT2D eigenvalue weighted by Crippen LogP contribution is 2.18. The molecule has 0 fully saturated rings. The molecule has 22 heavy (non-hydrogen) atoms. The summed E-state index contributed by atoms with van der Waals surface area (Å²) in [6, 6.07) is 7.52. The highest BCUT2D eigenvalue weighted by Gasteiger charge is 2.14. The molecule has 2 aromatic heterocycles. The maximum Gasteiger partial charge on any atom is 0.296 e. The molecular weight excluding hydrogens is 284 g/mol. The minimum Gasteiger partial charge on any atom is -0.550 e. The molecule has 0 aliphatic carbocycles. The van der Waals surface area contributed by atoms with Crippen LogP contribution in [0, 0.1) is 0 Å². The van der Waals surface area contributed by atoms with Crippen molar-refractivity contribution in [3.05, 3.63) is 53.0 Å². The molecule has 0 aliphatic heterocycles. The fourth-order valence-corrected chi connectivity index (χ4v) is 2.41. The number of nitrogens with zero attached hydrogens (tertiary/aromatic N) is 4. The standard InChI is InChI=1S/C15H14N4O3/c1-2-9-18-11-5-3-4-6-12(11)19-15(18)16-14(22)10(17-19)7-8-13(20)21/h2-6H,1,7-9H2,(H,20,21)/p-1. The maximum absolute atomic E-state index is 12.0. The monoisotopic (exact) mass is 297 g/mol. The maximum atomic E-state index is 12.0. The highest BCUT2D eigenvalue weighted by molar-refractivity contribution is 5.80. The van der Waals surface area contributed by atoms with E-state index in [2.05, 4.69) is 16.7 Å². The average Bonchev–Trinajstić information content (AvgIpc) is 2.79. The Bertz CT molecular complexity index is 939. The molecule has 2 heterocycles. The van der Waals surface area contributed by atoms with Crippen LogP contribution in [0.4, 0.5) is 0 Å². The molecule has 0 amide bonds. The normalized spacial score (nSPS) is 11.1. The second kappa shape index (κ2) is 5.44. The van der Waals surface area contributed by atoms with Gasteiger partial charge in [0.15, 0.2) is 0 Å². The molecule has 0 saturated carbocycles. The number of rotatable bonds is 5. The number of aliphatic carboxylic acids is 1. The summed E-state index contributed by atoms with van der Waals surface area (Å²) >= 11 is 0. The van der Waals surface area contributed by atoms with E-state index in [1.807, 2.05) is 28.8 Å². The number of benzene rings is 1. The van der Waals surface area contributed by atoms with E-state index in [9.17, 15) is 14.7 Å². The van der Waals surface area contributed by atoms with Crippen LogP contribution in [0.2, 0.25) is 0 Å². The van der Waals surface area contributed by atoms with E-state index in [-0.39, 0.29) is 18.5 Å². The molecule has 0 unspecified atom stereocenters. The van der Waals surface area contributed by atoms with Crippen molar-refractivity contribution in [3.63, 3.8) is 0 Å². The third-order valence-electron chi connectivity index (χ3n) is 3.38. The summed E-state index contributed by atoms with van der Waals surface area (Å²) in [6.07, 6.45) is 1.45. The molecule has 0 radical (unpaired) electrons. The number of hydrogen-bond acceptors (Lipinski definition) is 5. The zero-order valence-electron chi connectivity index (χ0n) is 11.7. The van der Waals surface area contributed by atoms with Crippen LogP contribution in [-0.2, 0) is 17.8 Å². The number of para-hydroxylation sites is 2. The average molecular weight is 297 g/mol. The number of allylic oxidation sites excluding steroid dienone is 1. The Morgan fingerprint density at radius 3 is 2.73 bits per heavy atom. The molecule has 7 heteroatoms. The Balaban J connectivity index is 2.27. The summed E-state index contributed by atoms with van der Waals surface area (Å²) in [4.78, 5) is 26.7. The first-order valence-corrected chi connectivity index (χ1v) is 6.79. The Morgan fingerprint density at radius 1 is 1.32 bits per heavy atom. The zero-order chi connectivity index (χ0) is 15.7. The Hall–Kier alpha value is -2.96. The van der Waals surface area contributed by atoms with Gasteiger partial charge in [-0.3, -0.25) is 4.79 Å². The van der Waals surface area contributed by atoms with E-state index in [0.717, 1.165) is 11.0 Å². The van der Waals surface area contributed by atoms with Crippen molar-refractivity contribution in [3.8, 4) is 0 Å². The van der Waals surface area contributed by atoms with E-state index in [1.165, 1.54) is 0 Å². The van der Waals surface area contributed by atoms with Crippen LogP contribution in [0.25, 0.3) is 16.8 Å². The molecule has 3 aromatic rings. The highest BCUT2D eigenvalue weighted by atomic mass is 16.4. The quantitative estimate of drug-likeness (QED) is 0.614. The summed E-state index contributed by atoms with van der Waals surface area (Å²) in [5.41, 5.74) is 1.26. The fourth-order valence-electron chi connectivity index (χ4n) is 2.41. The van der Waals surface area contributed by atoms with Gasteiger partial charge in [0.05, 0.1) is 11.0 Å². The molecule has 0 bridgehead atoms. The van der Waals surface area contributed by atoms with E-state index < -0.39 is 11.5 Å². The van der Waals surface area contributed by atoms with Gasteiger partial charge in [0.1, 0.15) is 5.69 Å². The summed E-state index contributed by atoms with van der Waals surface area (Å²) < 4.78 is 3.39. The second-order valence-corrected chi connectivity index (χ2v) is 4.84. The minimum absolute atomic E-state index is 0.00191. The number of carboxylic acid groups (broad SMARTS) is 1. The number of fused-ring (bicyclic) bond motifs is 3. The molecule has 0 spiro atoms. The molecule has 0 atom stereocenters. The topological polar surface area (TPSA) is 92.3 Å². The molecule has 0 N–H and O–H groups in total. The summed E-state index contributed by atoms with van der Waals surface area (Å²) in [5.74, 6) is -0.816.